The Morgan fingerprint density at radius 3 is 2.67 bits per heavy atom. The van der Waals surface area contributed by atoms with Gasteiger partial charge in [-0.1, -0.05) is 40.2 Å². The molecule has 0 aliphatic rings. The summed E-state index contributed by atoms with van der Waals surface area (Å²) in [6, 6.07) is 16.0. The van der Waals surface area contributed by atoms with Crippen molar-refractivity contribution in [1.82, 2.24) is 4.98 Å². The highest BCUT2D eigenvalue weighted by molar-refractivity contribution is 9.10. The predicted octanol–water partition coefficient (Wildman–Crippen LogP) is 4.73. The summed E-state index contributed by atoms with van der Waals surface area (Å²) >= 11 is 4.86. The molecule has 3 rings (SSSR count). The fourth-order valence-corrected chi connectivity index (χ4v) is 2.75. The van der Waals surface area contributed by atoms with Crippen LogP contribution in [-0.4, -0.2) is 4.98 Å². The van der Waals surface area contributed by atoms with Crippen molar-refractivity contribution < 1.29 is 4.74 Å². The zero-order chi connectivity index (χ0) is 14.7. The molecule has 21 heavy (non-hydrogen) atoms. The van der Waals surface area contributed by atoms with E-state index in [0.717, 1.165) is 27.0 Å². The minimum absolute atomic E-state index is 0.538. The Morgan fingerprint density at radius 1 is 1.14 bits per heavy atom. The Balaban J connectivity index is 1.73. The van der Waals surface area contributed by atoms with Gasteiger partial charge in [0.15, 0.2) is 5.13 Å². The van der Waals surface area contributed by atoms with E-state index in [1.165, 1.54) is 11.3 Å². The summed E-state index contributed by atoms with van der Waals surface area (Å²) in [7, 11) is 0. The molecule has 0 saturated heterocycles. The van der Waals surface area contributed by atoms with Crippen molar-refractivity contribution >= 4 is 32.4 Å². The third-order valence-electron chi connectivity index (χ3n) is 2.97. The van der Waals surface area contributed by atoms with Crippen LogP contribution in [0.25, 0.3) is 11.3 Å². The minimum Gasteiger partial charge on any atom is -0.489 e. The fraction of sp³-hybridized carbons (Fsp3) is 0.0625. The lowest BCUT2D eigenvalue weighted by Crippen LogP contribution is -1.95. The SMILES string of the molecule is Nc1nc(-c2cccc(OCc3ccc(Br)cc3)c2)cs1. The first kappa shape index (κ1) is 14.1. The Labute approximate surface area is 135 Å². The van der Waals surface area contributed by atoms with Crippen LogP contribution < -0.4 is 10.5 Å². The van der Waals surface area contributed by atoms with Gasteiger partial charge in [-0.3, -0.25) is 0 Å². The van der Waals surface area contributed by atoms with E-state index >= 15 is 0 Å². The van der Waals surface area contributed by atoms with Crippen molar-refractivity contribution in [3.8, 4) is 17.0 Å². The van der Waals surface area contributed by atoms with Gasteiger partial charge in [0, 0.05) is 15.4 Å². The van der Waals surface area contributed by atoms with Crippen LogP contribution in [0, 0.1) is 0 Å². The first-order chi connectivity index (χ1) is 10.2. The van der Waals surface area contributed by atoms with Crippen LogP contribution in [0.15, 0.2) is 58.4 Å². The second kappa shape index (κ2) is 6.28. The molecular formula is C16H13BrN2OS. The van der Waals surface area contributed by atoms with E-state index in [1.54, 1.807) is 0 Å². The zero-order valence-corrected chi connectivity index (χ0v) is 13.5. The topological polar surface area (TPSA) is 48.1 Å². The molecule has 2 aromatic carbocycles. The number of aromatic nitrogens is 1. The van der Waals surface area contributed by atoms with E-state index < -0.39 is 0 Å². The van der Waals surface area contributed by atoms with Crippen LogP contribution in [-0.2, 0) is 6.61 Å². The molecule has 0 fully saturated rings. The lowest BCUT2D eigenvalue weighted by molar-refractivity contribution is 0.306. The Kier molecular flexibility index (Phi) is 4.22. The second-order valence-electron chi connectivity index (χ2n) is 4.51. The number of benzene rings is 2. The Hall–Kier alpha value is -1.85. The molecular weight excluding hydrogens is 348 g/mol. The number of nitrogen functional groups attached to an aromatic ring is 1. The molecule has 2 N–H and O–H groups in total. The van der Waals surface area contributed by atoms with E-state index in [-0.39, 0.29) is 0 Å². The van der Waals surface area contributed by atoms with E-state index in [2.05, 4.69) is 20.9 Å². The second-order valence-corrected chi connectivity index (χ2v) is 6.32. The molecule has 0 amide bonds. The van der Waals surface area contributed by atoms with Crippen molar-refractivity contribution in [2.45, 2.75) is 6.61 Å². The molecule has 0 unspecified atom stereocenters. The van der Waals surface area contributed by atoms with Gasteiger partial charge in [0.05, 0.1) is 5.69 Å². The van der Waals surface area contributed by atoms with Crippen molar-refractivity contribution in [2.24, 2.45) is 0 Å². The third kappa shape index (κ3) is 3.62. The number of ether oxygens (including phenoxy) is 1. The summed E-state index contributed by atoms with van der Waals surface area (Å²) in [5, 5.41) is 2.52. The molecule has 3 nitrogen and oxygen atoms in total. The van der Waals surface area contributed by atoms with E-state index in [4.69, 9.17) is 10.5 Å². The lowest BCUT2D eigenvalue weighted by Gasteiger charge is -2.07. The van der Waals surface area contributed by atoms with Gasteiger partial charge in [-0.15, -0.1) is 11.3 Å². The average Bonchev–Trinajstić information content (AvgIpc) is 2.94. The van der Waals surface area contributed by atoms with Crippen LogP contribution in [0.5, 0.6) is 5.75 Å². The molecule has 1 heterocycles. The van der Waals surface area contributed by atoms with Gasteiger partial charge in [0.2, 0.25) is 0 Å². The standard InChI is InChI=1S/C16H13BrN2OS/c17-13-6-4-11(5-7-13)9-20-14-3-1-2-12(8-14)15-10-21-16(18)19-15/h1-8,10H,9H2,(H2,18,19). The maximum atomic E-state index is 5.83. The number of hydrogen-bond donors (Lipinski definition) is 1. The fourth-order valence-electron chi connectivity index (χ4n) is 1.91. The Bertz CT molecular complexity index is 740. The molecule has 5 heteroatoms. The summed E-state index contributed by atoms with van der Waals surface area (Å²) in [6.45, 7) is 0.538. The van der Waals surface area contributed by atoms with E-state index in [0.29, 0.717) is 11.7 Å². The number of halogens is 1. The maximum absolute atomic E-state index is 5.83. The number of nitrogens with zero attached hydrogens (tertiary/aromatic N) is 1. The first-order valence-electron chi connectivity index (χ1n) is 6.39. The van der Waals surface area contributed by atoms with Gasteiger partial charge >= 0.3 is 0 Å². The largest absolute Gasteiger partial charge is 0.489 e. The molecule has 0 bridgehead atoms. The first-order valence-corrected chi connectivity index (χ1v) is 8.07. The molecule has 1 aromatic heterocycles. The van der Waals surface area contributed by atoms with Gasteiger partial charge < -0.3 is 10.5 Å². The lowest BCUT2D eigenvalue weighted by atomic mass is 10.1. The van der Waals surface area contributed by atoms with Crippen LogP contribution in [0.4, 0.5) is 5.13 Å². The molecule has 0 radical (unpaired) electrons. The predicted molar refractivity (Wildman–Crippen MR) is 90.4 cm³/mol. The highest BCUT2D eigenvalue weighted by Crippen LogP contribution is 2.26. The quantitative estimate of drug-likeness (QED) is 0.731. The summed E-state index contributed by atoms with van der Waals surface area (Å²) in [4.78, 5) is 4.29. The summed E-state index contributed by atoms with van der Waals surface area (Å²) in [6.07, 6.45) is 0. The highest BCUT2D eigenvalue weighted by atomic mass is 79.9. The van der Waals surface area contributed by atoms with Gasteiger partial charge in [-0.2, -0.15) is 0 Å². The summed E-state index contributed by atoms with van der Waals surface area (Å²) in [5.41, 5.74) is 8.69. The number of hydrogen-bond acceptors (Lipinski definition) is 4. The van der Waals surface area contributed by atoms with Gasteiger partial charge in [0.25, 0.3) is 0 Å². The number of rotatable bonds is 4. The molecule has 3 aromatic rings. The molecule has 0 aliphatic heterocycles. The monoisotopic (exact) mass is 360 g/mol. The minimum atomic E-state index is 0.538. The third-order valence-corrected chi connectivity index (χ3v) is 4.17. The summed E-state index contributed by atoms with van der Waals surface area (Å²) < 4.78 is 6.89. The zero-order valence-electron chi connectivity index (χ0n) is 11.1. The molecule has 106 valence electrons. The van der Waals surface area contributed by atoms with E-state index in [1.807, 2.05) is 53.9 Å². The van der Waals surface area contributed by atoms with Crippen molar-refractivity contribution in [1.29, 1.82) is 0 Å². The van der Waals surface area contributed by atoms with E-state index in [9.17, 15) is 0 Å². The number of nitrogens with two attached hydrogens (primary N) is 1. The molecule has 0 aliphatic carbocycles. The molecule has 0 saturated carbocycles. The molecule has 0 spiro atoms. The average molecular weight is 361 g/mol. The maximum Gasteiger partial charge on any atom is 0.180 e. The van der Waals surface area contributed by atoms with Crippen LogP contribution in [0.2, 0.25) is 0 Å². The van der Waals surface area contributed by atoms with Gasteiger partial charge in [-0.25, -0.2) is 4.98 Å². The van der Waals surface area contributed by atoms with Crippen LogP contribution in [0.3, 0.4) is 0 Å². The number of anilines is 1. The normalized spacial score (nSPS) is 10.5. The summed E-state index contributed by atoms with van der Waals surface area (Å²) in [5.74, 6) is 0.821. The Morgan fingerprint density at radius 2 is 1.95 bits per heavy atom. The molecule has 0 atom stereocenters. The van der Waals surface area contributed by atoms with Crippen molar-refractivity contribution in [3.05, 3.63) is 63.9 Å². The van der Waals surface area contributed by atoms with Gasteiger partial charge in [0.1, 0.15) is 12.4 Å². The van der Waals surface area contributed by atoms with Crippen LogP contribution in [0.1, 0.15) is 5.56 Å². The highest BCUT2D eigenvalue weighted by Gasteiger charge is 2.04. The van der Waals surface area contributed by atoms with Crippen molar-refractivity contribution in [3.63, 3.8) is 0 Å². The van der Waals surface area contributed by atoms with Gasteiger partial charge in [-0.05, 0) is 29.8 Å². The number of thiazole rings is 1. The van der Waals surface area contributed by atoms with Crippen LogP contribution >= 0.6 is 27.3 Å². The van der Waals surface area contributed by atoms with Crippen molar-refractivity contribution in [2.75, 3.05) is 5.73 Å². The smallest absolute Gasteiger partial charge is 0.180 e.